The molecule has 1 aromatic rings. The standard InChI is InChI=1S/C24H32F2N6O4/c1-14-10-18(32-9-8-24(25,26)13-32)28-12-17(14)19-23(36-22(35)31-30-19)6-4-16(5-7-23)11-15(2)29-21(34)20(33)27-3/h10,12,15-16H,4-9,11,13H2,1-3H3,(H,27,33)(H,29,34)(H,31,35)/t15-,16?,23?/m0/s1. The summed E-state index contributed by atoms with van der Waals surface area (Å²) < 4.78 is 33.2. The van der Waals surface area contributed by atoms with Crippen LogP contribution in [0.3, 0.4) is 0 Å². The van der Waals surface area contributed by atoms with Gasteiger partial charge in [-0.1, -0.05) is 0 Å². The maximum absolute atomic E-state index is 13.7. The number of hydrogen-bond acceptors (Lipinski definition) is 7. The number of carbonyl (C=O) groups is 3. The van der Waals surface area contributed by atoms with E-state index in [0.717, 1.165) is 18.4 Å². The highest BCUT2D eigenvalue weighted by atomic mass is 19.3. The Labute approximate surface area is 208 Å². The van der Waals surface area contributed by atoms with Crippen LogP contribution in [0.5, 0.6) is 0 Å². The Morgan fingerprint density at radius 1 is 1.28 bits per heavy atom. The minimum absolute atomic E-state index is 0.186. The lowest BCUT2D eigenvalue weighted by Crippen LogP contribution is -2.53. The van der Waals surface area contributed by atoms with Gasteiger partial charge in [0.2, 0.25) is 0 Å². The third kappa shape index (κ3) is 5.41. The van der Waals surface area contributed by atoms with Crippen LogP contribution in [0.1, 0.15) is 56.6 Å². The van der Waals surface area contributed by atoms with Gasteiger partial charge < -0.3 is 20.3 Å². The van der Waals surface area contributed by atoms with Crippen LogP contribution in [0, 0.1) is 12.8 Å². The summed E-state index contributed by atoms with van der Waals surface area (Å²) in [4.78, 5) is 41.4. The van der Waals surface area contributed by atoms with E-state index in [-0.39, 0.29) is 31.5 Å². The van der Waals surface area contributed by atoms with Crippen LogP contribution in [0.25, 0.3) is 0 Å². The van der Waals surface area contributed by atoms with Crippen molar-refractivity contribution in [3.8, 4) is 0 Å². The molecule has 3 aliphatic rings. The molecule has 0 unspecified atom stereocenters. The predicted octanol–water partition coefficient (Wildman–Crippen LogP) is 2.25. The van der Waals surface area contributed by atoms with E-state index in [0.29, 0.717) is 36.4 Å². The molecular weight excluding hydrogens is 474 g/mol. The predicted molar refractivity (Wildman–Crippen MR) is 128 cm³/mol. The number of aromatic nitrogens is 1. The van der Waals surface area contributed by atoms with Gasteiger partial charge in [0.05, 0.1) is 6.54 Å². The van der Waals surface area contributed by atoms with Crippen LogP contribution >= 0.6 is 0 Å². The summed E-state index contributed by atoms with van der Waals surface area (Å²) in [5, 5.41) is 9.35. The molecule has 1 spiro atoms. The van der Waals surface area contributed by atoms with Crippen LogP contribution in [-0.2, 0) is 14.3 Å². The largest absolute Gasteiger partial charge is 0.435 e. The average molecular weight is 507 g/mol. The van der Waals surface area contributed by atoms with Crippen LogP contribution in [-0.4, -0.2) is 66.3 Å². The summed E-state index contributed by atoms with van der Waals surface area (Å²) in [6, 6.07) is 1.58. The number of carbonyl (C=O) groups excluding carboxylic acids is 3. The summed E-state index contributed by atoms with van der Waals surface area (Å²) >= 11 is 0. The number of likely N-dealkylation sites (N-methyl/N-ethyl adjacent to an activating group) is 1. The minimum atomic E-state index is -2.72. The fourth-order valence-corrected chi connectivity index (χ4v) is 5.33. The molecule has 1 saturated carbocycles. The monoisotopic (exact) mass is 506 g/mol. The third-order valence-electron chi connectivity index (χ3n) is 7.23. The van der Waals surface area contributed by atoms with E-state index in [1.54, 1.807) is 17.2 Å². The van der Waals surface area contributed by atoms with Crippen molar-refractivity contribution in [2.45, 2.75) is 69.9 Å². The molecule has 3 amide bonds. The van der Waals surface area contributed by atoms with E-state index in [4.69, 9.17) is 4.74 Å². The Balaban J connectivity index is 1.45. The molecule has 0 radical (unpaired) electrons. The van der Waals surface area contributed by atoms with Gasteiger partial charge in [-0.2, -0.15) is 5.10 Å². The van der Waals surface area contributed by atoms with E-state index in [1.807, 2.05) is 13.8 Å². The second kappa shape index (κ2) is 9.98. The van der Waals surface area contributed by atoms with Gasteiger partial charge >= 0.3 is 17.9 Å². The number of alkyl halides is 2. The van der Waals surface area contributed by atoms with Gasteiger partial charge in [0.1, 0.15) is 11.5 Å². The number of hydrogen-bond donors (Lipinski definition) is 3. The van der Waals surface area contributed by atoms with E-state index < -0.39 is 29.4 Å². The van der Waals surface area contributed by atoms with E-state index in [9.17, 15) is 23.2 Å². The fourth-order valence-electron chi connectivity index (χ4n) is 5.33. The lowest BCUT2D eigenvalue weighted by atomic mass is 9.72. The Kier molecular flexibility index (Phi) is 7.14. The zero-order valence-corrected chi connectivity index (χ0v) is 20.7. The van der Waals surface area contributed by atoms with Crippen LogP contribution in [0.4, 0.5) is 19.4 Å². The lowest BCUT2D eigenvalue weighted by molar-refractivity contribution is -0.139. The number of hydrazone groups is 1. The van der Waals surface area contributed by atoms with E-state index in [2.05, 4.69) is 26.1 Å². The molecule has 4 rings (SSSR count). The van der Waals surface area contributed by atoms with E-state index >= 15 is 0 Å². The van der Waals surface area contributed by atoms with Gasteiger partial charge in [-0.05, 0) is 63.5 Å². The number of nitrogens with zero attached hydrogens (tertiary/aromatic N) is 3. The Bertz CT molecular complexity index is 1070. The highest BCUT2D eigenvalue weighted by Gasteiger charge is 2.47. The van der Waals surface area contributed by atoms with Gasteiger partial charge in [-0.15, -0.1) is 0 Å². The van der Waals surface area contributed by atoms with Crippen molar-refractivity contribution >= 4 is 29.4 Å². The number of amides is 3. The Morgan fingerprint density at radius 3 is 2.61 bits per heavy atom. The van der Waals surface area contributed by atoms with Crippen LogP contribution < -0.4 is 21.0 Å². The van der Waals surface area contributed by atoms with Crippen molar-refractivity contribution in [1.82, 2.24) is 21.0 Å². The second-order valence-electron chi connectivity index (χ2n) is 9.97. The molecule has 0 bridgehead atoms. The molecule has 12 heteroatoms. The number of ether oxygens (including phenoxy) is 1. The van der Waals surface area contributed by atoms with Crippen LogP contribution in [0.15, 0.2) is 17.4 Å². The number of pyridine rings is 1. The zero-order valence-electron chi connectivity index (χ0n) is 20.7. The summed E-state index contributed by atoms with van der Waals surface area (Å²) in [5.41, 5.74) is 3.56. The Hall–Kier alpha value is -3.31. The average Bonchev–Trinajstić information content (AvgIpc) is 3.20. The molecule has 1 atom stereocenters. The van der Waals surface area contributed by atoms with Crippen molar-refractivity contribution < 1.29 is 27.9 Å². The van der Waals surface area contributed by atoms with Crippen LogP contribution in [0.2, 0.25) is 0 Å². The quantitative estimate of drug-likeness (QED) is 0.526. The highest BCUT2D eigenvalue weighted by molar-refractivity contribution is 6.35. The molecule has 0 aromatic carbocycles. The minimum Gasteiger partial charge on any atom is -0.435 e. The summed E-state index contributed by atoms with van der Waals surface area (Å²) in [6.07, 6.45) is 4.04. The highest BCUT2D eigenvalue weighted by Crippen LogP contribution is 2.41. The SMILES string of the molecule is CNC(=O)C(=O)N[C@@H](C)CC1CCC2(CC1)OC(=O)NN=C2c1cnc(N2CCC(F)(F)C2)cc1C. The smallest absolute Gasteiger partial charge is 0.428 e. The second-order valence-corrected chi connectivity index (χ2v) is 9.97. The first kappa shape index (κ1) is 25.8. The normalized spacial score (nSPS) is 26.0. The molecule has 1 aliphatic carbocycles. The van der Waals surface area contributed by atoms with Gasteiger partial charge in [0.15, 0.2) is 5.60 Å². The number of rotatable bonds is 5. The summed E-state index contributed by atoms with van der Waals surface area (Å²) in [5.74, 6) is -3.31. The van der Waals surface area contributed by atoms with Crippen molar-refractivity contribution in [1.29, 1.82) is 0 Å². The lowest BCUT2D eigenvalue weighted by Gasteiger charge is -2.42. The van der Waals surface area contributed by atoms with Crippen molar-refractivity contribution in [2.75, 3.05) is 25.0 Å². The Morgan fingerprint density at radius 2 is 2.00 bits per heavy atom. The molecule has 10 nitrogen and oxygen atoms in total. The molecule has 2 fully saturated rings. The first-order valence-electron chi connectivity index (χ1n) is 12.2. The molecule has 196 valence electrons. The number of nitrogens with one attached hydrogen (secondary N) is 3. The molecule has 2 aliphatic heterocycles. The molecule has 1 saturated heterocycles. The summed E-state index contributed by atoms with van der Waals surface area (Å²) in [6.45, 7) is 3.61. The van der Waals surface area contributed by atoms with Crippen molar-refractivity contribution in [3.05, 3.63) is 23.4 Å². The number of aryl methyl sites for hydroxylation is 1. The first-order valence-corrected chi connectivity index (χ1v) is 12.2. The molecule has 3 N–H and O–H groups in total. The first-order chi connectivity index (χ1) is 17.0. The number of halogens is 2. The van der Waals surface area contributed by atoms with Gasteiger partial charge in [0.25, 0.3) is 5.92 Å². The fraction of sp³-hybridized carbons (Fsp3) is 0.625. The zero-order chi connectivity index (χ0) is 26.1. The van der Waals surface area contributed by atoms with Gasteiger partial charge in [-0.3, -0.25) is 9.59 Å². The molecular formula is C24H32F2N6O4. The molecule has 1 aromatic heterocycles. The maximum Gasteiger partial charge on any atom is 0.428 e. The molecule has 36 heavy (non-hydrogen) atoms. The van der Waals surface area contributed by atoms with Gasteiger partial charge in [0, 0.05) is 37.8 Å². The number of anilines is 1. The third-order valence-corrected chi connectivity index (χ3v) is 7.23. The van der Waals surface area contributed by atoms with Crippen molar-refractivity contribution in [3.63, 3.8) is 0 Å². The van der Waals surface area contributed by atoms with Crippen molar-refractivity contribution in [2.24, 2.45) is 11.0 Å². The maximum atomic E-state index is 13.7. The van der Waals surface area contributed by atoms with Gasteiger partial charge in [-0.25, -0.2) is 24.0 Å². The van der Waals surface area contributed by atoms with E-state index in [1.165, 1.54) is 7.05 Å². The topological polar surface area (TPSA) is 125 Å². The summed E-state index contributed by atoms with van der Waals surface area (Å²) in [7, 11) is 1.41. The molecule has 3 heterocycles.